The molecule has 1 N–H and O–H groups in total. The summed E-state index contributed by atoms with van der Waals surface area (Å²) in [6, 6.07) is 8.18. The lowest BCUT2D eigenvalue weighted by molar-refractivity contribution is -0.0615. The van der Waals surface area contributed by atoms with E-state index in [9.17, 15) is 4.79 Å². The van der Waals surface area contributed by atoms with Crippen LogP contribution in [0.2, 0.25) is 0 Å². The van der Waals surface area contributed by atoms with E-state index in [1.165, 1.54) is 5.56 Å². The summed E-state index contributed by atoms with van der Waals surface area (Å²) in [5.41, 5.74) is 1.94. The van der Waals surface area contributed by atoms with Crippen LogP contribution in [0.3, 0.4) is 0 Å². The Balaban J connectivity index is 1.81. The Morgan fingerprint density at radius 3 is 2.77 bits per heavy atom. The molecular weight excluding hydrogens is 328 g/mol. The Bertz CT molecular complexity index is 795. The second-order valence-electron chi connectivity index (χ2n) is 7.88. The van der Waals surface area contributed by atoms with Crippen LogP contribution >= 0.6 is 0 Å². The first-order valence-electron chi connectivity index (χ1n) is 9.24. The Hall–Kier alpha value is -2.21. The molecule has 26 heavy (non-hydrogen) atoms. The van der Waals surface area contributed by atoms with Crippen molar-refractivity contribution in [2.75, 3.05) is 6.61 Å². The third-order valence-corrected chi connectivity index (χ3v) is 4.79. The molecule has 1 atom stereocenters. The molecular formula is C20H28N4O2. The van der Waals surface area contributed by atoms with Gasteiger partial charge in [-0.25, -0.2) is 9.67 Å². The quantitative estimate of drug-likeness (QED) is 0.912. The monoisotopic (exact) mass is 356 g/mol. The molecule has 2 heterocycles. The van der Waals surface area contributed by atoms with E-state index in [1.807, 2.05) is 39.0 Å². The normalized spacial score (nSPS) is 19.5. The summed E-state index contributed by atoms with van der Waals surface area (Å²) in [4.78, 5) is 17.0. The fourth-order valence-corrected chi connectivity index (χ4v) is 3.49. The third kappa shape index (κ3) is 3.96. The highest BCUT2D eigenvalue weighted by molar-refractivity contribution is 5.90. The van der Waals surface area contributed by atoms with E-state index in [2.05, 4.69) is 35.3 Å². The minimum absolute atomic E-state index is 0.0847. The molecule has 0 saturated carbocycles. The van der Waals surface area contributed by atoms with Gasteiger partial charge in [0.1, 0.15) is 5.82 Å². The maximum atomic E-state index is 12.6. The summed E-state index contributed by atoms with van der Waals surface area (Å²) in [6.45, 7) is 10.9. The van der Waals surface area contributed by atoms with E-state index >= 15 is 0 Å². The summed E-state index contributed by atoms with van der Waals surface area (Å²) in [7, 11) is 0. The fraction of sp³-hybridized carbons (Fsp3) is 0.550. The van der Waals surface area contributed by atoms with E-state index in [0.717, 1.165) is 18.5 Å². The van der Waals surface area contributed by atoms with Crippen LogP contribution in [0.5, 0.6) is 0 Å². The molecule has 1 saturated heterocycles. The molecule has 2 aromatic rings. The average molecular weight is 356 g/mol. The molecule has 0 radical (unpaired) electrons. The van der Waals surface area contributed by atoms with Gasteiger partial charge in [0.2, 0.25) is 5.82 Å². The van der Waals surface area contributed by atoms with Crippen LogP contribution in [0.25, 0.3) is 5.69 Å². The number of hydrogen-bond acceptors (Lipinski definition) is 4. The second-order valence-corrected chi connectivity index (χ2v) is 7.88. The molecule has 1 aromatic carbocycles. The van der Waals surface area contributed by atoms with Crippen molar-refractivity contribution in [2.45, 2.75) is 65.0 Å². The van der Waals surface area contributed by atoms with Crippen LogP contribution < -0.4 is 5.32 Å². The molecule has 1 aliphatic rings. The Morgan fingerprint density at radius 1 is 1.35 bits per heavy atom. The number of carbonyl (C=O) groups excluding carboxylic acids is 1. The van der Waals surface area contributed by atoms with Crippen LogP contribution in [0.15, 0.2) is 24.3 Å². The Kier molecular flexibility index (Phi) is 5.14. The van der Waals surface area contributed by atoms with Crippen LogP contribution in [-0.4, -0.2) is 38.9 Å². The van der Waals surface area contributed by atoms with Crippen LogP contribution in [-0.2, 0) is 4.74 Å². The largest absolute Gasteiger partial charge is 0.375 e. The van der Waals surface area contributed by atoms with Crippen LogP contribution in [0.4, 0.5) is 0 Å². The van der Waals surface area contributed by atoms with E-state index < -0.39 is 0 Å². The van der Waals surface area contributed by atoms with Gasteiger partial charge in [-0.1, -0.05) is 32.0 Å². The minimum Gasteiger partial charge on any atom is -0.375 e. The van der Waals surface area contributed by atoms with Crippen molar-refractivity contribution in [3.63, 3.8) is 0 Å². The number of amides is 1. The number of ether oxygens (including phenoxy) is 1. The molecule has 6 heteroatoms. The molecule has 1 aromatic heterocycles. The summed E-state index contributed by atoms with van der Waals surface area (Å²) >= 11 is 0. The van der Waals surface area contributed by atoms with E-state index in [4.69, 9.17) is 4.74 Å². The van der Waals surface area contributed by atoms with Crippen molar-refractivity contribution in [1.29, 1.82) is 0 Å². The van der Waals surface area contributed by atoms with Gasteiger partial charge in [0.05, 0.1) is 11.3 Å². The average Bonchev–Trinajstić information content (AvgIpc) is 2.95. The third-order valence-electron chi connectivity index (χ3n) is 4.79. The van der Waals surface area contributed by atoms with Crippen molar-refractivity contribution in [3.05, 3.63) is 41.5 Å². The molecule has 0 spiro atoms. The van der Waals surface area contributed by atoms with Crippen LogP contribution in [0, 0.1) is 6.92 Å². The van der Waals surface area contributed by atoms with Gasteiger partial charge in [0.25, 0.3) is 5.91 Å². The predicted molar refractivity (Wildman–Crippen MR) is 101 cm³/mol. The fourth-order valence-electron chi connectivity index (χ4n) is 3.49. The van der Waals surface area contributed by atoms with Gasteiger partial charge >= 0.3 is 0 Å². The van der Waals surface area contributed by atoms with Gasteiger partial charge in [-0.3, -0.25) is 4.79 Å². The number of hydrogen-bond donors (Lipinski definition) is 1. The maximum Gasteiger partial charge on any atom is 0.291 e. The highest BCUT2D eigenvalue weighted by Crippen LogP contribution is 2.25. The van der Waals surface area contributed by atoms with Gasteiger partial charge in [0.15, 0.2) is 0 Å². The van der Waals surface area contributed by atoms with Crippen molar-refractivity contribution < 1.29 is 9.53 Å². The zero-order valence-electron chi connectivity index (χ0n) is 16.2. The number of carbonyl (C=O) groups is 1. The molecule has 1 aliphatic heterocycles. The summed E-state index contributed by atoms with van der Waals surface area (Å²) in [5, 5.41) is 7.55. The second kappa shape index (κ2) is 7.19. The number of para-hydroxylation sites is 1. The van der Waals surface area contributed by atoms with Crippen molar-refractivity contribution >= 4 is 5.91 Å². The zero-order valence-corrected chi connectivity index (χ0v) is 16.2. The molecule has 6 nitrogen and oxygen atoms in total. The maximum absolute atomic E-state index is 12.6. The van der Waals surface area contributed by atoms with E-state index in [1.54, 1.807) is 4.68 Å². The smallest absolute Gasteiger partial charge is 0.291 e. The minimum atomic E-state index is -0.225. The lowest BCUT2D eigenvalue weighted by atomic mass is 9.94. The molecule has 140 valence electrons. The topological polar surface area (TPSA) is 69.0 Å². The number of aryl methyl sites for hydroxylation is 1. The van der Waals surface area contributed by atoms with Crippen molar-refractivity contribution in [3.8, 4) is 5.69 Å². The van der Waals surface area contributed by atoms with Gasteiger partial charge in [-0.2, -0.15) is 0 Å². The van der Waals surface area contributed by atoms with E-state index in [0.29, 0.717) is 18.3 Å². The molecule has 1 amide bonds. The molecule has 3 rings (SSSR count). The Morgan fingerprint density at radius 2 is 2.08 bits per heavy atom. The van der Waals surface area contributed by atoms with E-state index in [-0.39, 0.29) is 23.4 Å². The van der Waals surface area contributed by atoms with Gasteiger partial charge < -0.3 is 10.1 Å². The lowest BCUT2D eigenvalue weighted by Gasteiger charge is -2.35. The summed E-state index contributed by atoms with van der Waals surface area (Å²) in [6.07, 6.45) is 1.60. The summed E-state index contributed by atoms with van der Waals surface area (Å²) in [5.74, 6) is 1.05. The van der Waals surface area contributed by atoms with Gasteiger partial charge in [0, 0.05) is 12.6 Å². The molecule has 1 fully saturated rings. The number of benzene rings is 1. The van der Waals surface area contributed by atoms with Gasteiger partial charge in [-0.15, -0.1) is 5.10 Å². The first-order valence-corrected chi connectivity index (χ1v) is 9.24. The van der Waals surface area contributed by atoms with Crippen molar-refractivity contribution in [1.82, 2.24) is 20.1 Å². The molecule has 0 bridgehead atoms. The predicted octanol–water partition coefficient (Wildman–Crippen LogP) is 3.39. The standard InChI is InChI=1S/C20H28N4O2/c1-13(2)16-8-6-7-9-17(16)24-14(3)21-18(23-24)19(25)22-15-10-11-26-20(4,5)12-15/h6-9,13,15H,10-12H2,1-5H3,(H,22,25). The molecule has 1 unspecified atom stereocenters. The lowest BCUT2D eigenvalue weighted by Crippen LogP contribution is -2.46. The first kappa shape index (κ1) is 18.6. The summed E-state index contributed by atoms with van der Waals surface area (Å²) < 4.78 is 7.47. The Labute approximate surface area is 155 Å². The number of nitrogens with zero attached hydrogens (tertiary/aromatic N) is 3. The van der Waals surface area contributed by atoms with Gasteiger partial charge in [-0.05, 0) is 51.2 Å². The molecule has 0 aliphatic carbocycles. The number of aromatic nitrogens is 3. The number of nitrogens with one attached hydrogen (secondary N) is 1. The van der Waals surface area contributed by atoms with Crippen LogP contribution in [0.1, 0.15) is 68.5 Å². The number of rotatable bonds is 4. The zero-order chi connectivity index (χ0) is 18.9. The highest BCUT2D eigenvalue weighted by atomic mass is 16.5. The first-order chi connectivity index (χ1) is 12.3. The SMILES string of the molecule is Cc1nc(C(=O)NC2CCOC(C)(C)C2)nn1-c1ccccc1C(C)C. The van der Waals surface area contributed by atoms with Crippen molar-refractivity contribution in [2.24, 2.45) is 0 Å². The highest BCUT2D eigenvalue weighted by Gasteiger charge is 2.30.